The summed E-state index contributed by atoms with van der Waals surface area (Å²) in [5.41, 5.74) is 5.17. The third kappa shape index (κ3) is 2.90. The SMILES string of the molecule is Cc1cnc(Sc2ccc(N3C4=C(Cc5c[nH]cc53)CC(C)(C)CC4=O)o2)[nH]1. The van der Waals surface area contributed by atoms with Crippen molar-refractivity contribution < 1.29 is 9.21 Å². The Kier molecular flexibility index (Phi) is 3.84. The molecule has 0 saturated carbocycles. The molecule has 0 spiro atoms. The van der Waals surface area contributed by atoms with Crippen molar-refractivity contribution in [1.82, 2.24) is 15.0 Å². The summed E-state index contributed by atoms with van der Waals surface area (Å²) in [5, 5.41) is 1.52. The smallest absolute Gasteiger partial charge is 0.206 e. The lowest BCUT2D eigenvalue weighted by atomic mass is 9.73. The van der Waals surface area contributed by atoms with E-state index in [1.165, 1.54) is 22.9 Å². The molecule has 0 saturated heterocycles. The maximum absolute atomic E-state index is 13.1. The number of nitrogens with zero attached hydrogens (tertiary/aromatic N) is 2. The second-order valence-corrected chi connectivity index (χ2v) is 9.33. The normalized spacial score (nSPS) is 18.4. The first-order chi connectivity index (χ1) is 13.4. The van der Waals surface area contributed by atoms with Gasteiger partial charge in [-0.1, -0.05) is 13.8 Å². The molecule has 1 aliphatic heterocycles. The Bertz CT molecular complexity index is 1100. The van der Waals surface area contributed by atoms with E-state index in [0.717, 1.165) is 40.2 Å². The van der Waals surface area contributed by atoms with Crippen LogP contribution in [0.1, 0.15) is 37.9 Å². The number of aryl methyl sites for hydroxylation is 1. The van der Waals surface area contributed by atoms with Gasteiger partial charge in [0.25, 0.3) is 0 Å². The third-order valence-electron chi connectivity index (χ3n) is 5.27. The molecule has 144 valence electrons. The number of H-pyrrole nitrogens is 2. The number of carbonyl (C=O) groups excluding carboxylic acids is 1. The van der Waals surface area contributed by atoms with Crippen molar-refractivity contribution in [3.8, 4) is 0 Å². The number of imidazole rings is 1. The van der Waals surface area contributed by atoms with Crippen molar-refractivity contribution in [3.63, 3.8) is 0 Å². The van der Waals surface area contributed by atoms with Gasteiger partial charge in [-0.25, -0.2) is 4.98 Å². The molecule has 0 atom stereocenters. The predicted molar refractivity (Wildman–Crippen MR) is 108 cm³/mol. The maximum Gasteiger partial charge on any atom is 0.206 e. The van der Waals surface area contributed by atoms with Crippen LogP contribution in [0, 0.1) is 12.3 Å². The summed E-state index contributed by atoms with van der Waals surface area (Å²) < 4.78 is 6.14. The van der Waals surface area contributed by atoms with E-state index in [9.17, 15) is 4.79 Å². The second kappa shape index (κ2) is 6.17. The van der Waals surface area contributed by atoms with E-state index in [1.54, 1.807) is 6.20 Å². The lowest BCUT2D eigenvalue weighted by Gasteiger charge is -2.39. The van der Waals surface area contributed by atoms with Gasteiger partial charge in [0, 0.05) is 36.8 Å². The van der Waals surface area contributed by atoms with Gasteiger partial charge in [0.15, 0.2) is 16.0 Å². The highest BCUT2D eigenvalue weighted by atomic mass is 32.2. The number of fused-ring (bicyclic) bond motifs is 1. The van der Waals surface area contributed by atoms with Gasteiger partial charge < -0.3 is 14.4 Å². The first-order valence-electron chi connectivity index (χ1n) is 9.40. The van der Waals surface area contributed by atoms with Gasteiger partial charge in [0.05, 0.1) is 11.4 Å². The molecule has 1 aliphatic carbocycles. The van der Waals surface area contributed by atoms with E-state index in [2.05, 4.69) is 28.8 Å². The second-order valence-electron chi connectivity index (χ2n) is 8.34. The Morgan fingerprint density at radius 3 is 2.89 bits per heavy atom. The summed E-state index contributed by atoms with van der Waals surface area (Å²) in [5.74, 6) is 0.845. The number of anilines is 2. The lowest BCUT2D eigenvalue weighted by molar-refractivity contribution is -0.118. The molecule has 0 fully saturated rings. The Morgan fingerprint density at radius 2 is 2.11 bits per heavy atom. The largest absolute Gasteiger partial charge is 0.433 e. The first kappa shape index (κ1) is 17.4. The molecule has 0 radical (unpaired) electrons. The van der Waals surface area contributed by atoms with Crippen LogP contribution in [0.3, 0.4) is 0 Å². The summed E-state index contributed by atoms with van der Waals surface area (Å²) in [6.07, 6.45) is 8.04. The van der Waals surface area contributed by atoms with Crippen LogP contribution in [0.15, 0.2) is 56.7 Å². The highest BCUT2D eigenvalue weighted by Gasteiger charge is 2.40. The third-order valence-corrected chi connectivity index (χ3v) is 6.09. The molecule has 2 aliphatic rings. The summed E-state index contributed by atoms with van der Waals surface area (Å²) in [6.45, 7) is 6.30. The molecule has 3 aromatic rings. The average molecular weight is 395 g/mol. The van der Waals surface area contributed by atoms with Gasteiger partial charge in [-0.3, -0.25) is 9.69 Å². The highest BCUT2D eigenvalue weighted by molar-refractivity contribution is 7.99. The highest BCUT2D eigenvalue weighted by Crippen LogP contribution is 2.48. The molecule has 2 N–H and O–H groups in total. The standard InChI is InChI=1S/C21H22N4O2S/c1-12-9-23-20(24-12)28-18-5-4-17(27-18)25-15-11-22-10-14(15)6-13-7-21(2,3)8-16(26)19(13)25/h4-5,9-11,22H,6-8H2,1-3H3,(H,23,24). The molecule has 0 aromatic carbocycles. The Morgan fingerprint density at radius 1 is 1.25 bits per heavy atom. The Balaban J connectivity index is 1.55. The van der Waals surface area contributed by atoms with E-state index in [0.29, 0.717) is 12.3 Å². The number of carbonyl (C=O) groups is 1. The Hall–Kier alpha value is -2.67. The van der Waals surface area contributed by atoms with Crippen LogP contribution in [-0.4, -0.2) is 20.7 Å². The minimum atomic E-state index is -0.00325. The van der Waals surface area contributed by atoms with Crippen LogP contribution in [0.25, 0.3) is 0 Å². The zero-order valence-electron chi connectivity index (χ0n) is 16.1. The predicted octanol–water partition coefficient (Wildman–Crippen LogP) is 5.13. The van der Waals surface area contributed by atoms with E-state index in [-0.39, 0.29) is 11.2 Å². The molecule has 0 amide bonds. The van der Waals surface area contributed by atoms with Gasteiger partial charge in [0.1, 0.15) is 0 Å². The monoisotopic (exact) mass is 394 g/mol. The van der Waals surface area contributed by atoms with Crippen molar-refractivity contribution >= 4 is 29.1 Å². The van der Waals surface area contributed by atoms with Crippen LogP contribution in [0.4, 0.5) is 11.6 Å². The van der Waals surface area contributed by atoms with E-state index < -0.39 is 0 Å². The number of allylic oxidation sites excluding steroid dienone is 2. The fourth-order valence-electron chi connectivity index (χ4n) is 4.21. The van der Waals surface area contributed by atoms with Crippen LogP contribution >= 0.6 is 11.8 Å². The maximum atomic E-state index is 13.1. The zero-order valence-corrected chi connectivity index (χ0v) is 16.9. The van der Waals surface area contributed by atoms with Gasteiger partial charge >= 0.3 is 0 Å². The molecule has 0 unspecified atom stereocenters. The van der Waals surface area contributed by atoms with Crippen LogP contribution in [-0.2, 0) is 11.2 Å². The van der Waals surface area contributed by atoms with Gasteiger partial charge in [-0.15, -0.1) is 0 Å². The number of hydrogen-bond donors (Lipinski definition) is 2. The first-order valence-corrected chi connectivity index (χ1v) is 10.2. The molecule has 4 heterocycles. The van der Waals surface area contributed by atoms with Crippen molar-refractivity contribution in [3.05, 3.63) is 53.3 Å². The van der Waals surface area contributed by atoms with Crippen molar-refractivity contribution in [2.45, 2.75) is 50.3 Å². The zero-order chi connectivity index (χ0) is 19.5. The topological polar surface area (TPSA) is 77.9 Å². The molecular weight excluding hydrogens is 372 g/mol. The van der Waals surface area contributed by atoms with E-state index in [4.69, 9.17) is 4.42 Å². The molecule has 28 heavy (non-hydrogen) atoms. The van der Waals surface area contributed by atoms with E-state index in [1.807, 2.05) is 36.4 Å². The molecule has 3 aromatic heterocycles. The molecule has 0 bridgehead atoms. The van der Waals surface area contributed by atoms with Gasteiger partial charge in [-0.05, 0) is 54.1 Å². The lowest BCUT2D eigenvalue weighted by Crippen LogP contribution is -2.36. The average Bonchev–Trinajstić information content (AvgIpc) is 3.33. The van der Waals surface area contributed by atoms with Crippen molar-refractivity contribution in [2.24, 2.45) is 5.41 Å². The van der Waals surface area contributed by atoms with Gasteiger partial charge in [0.2, 0.25) is 5.88 Å². The summed E-state index contributed by atoms with van der Waals surface area (Å²) >= 11 is 1.44. The molecular formula is C21H22N4O2S. The van der Waals surface area contributed by atoms with E-state index >= 15 is 0 Å². The number of ketones is 1. The van der Waals surface area contributed by atoms with Crippen LogP contribution in [0.5, 0.6) is 0 Å². The number of rotatable bonds is 3. The van der Waals surface area contributed by atoms with Gasteiger partial charge in [-0.2, -0.15) is 0 Å². The van der Waals surface area contributed by atoms with Crippen molar-refractivity contribution in [1.29, 1.82) is 0 Å². The number of Topliss-reactive ketones (excluding diaryl/α,β-unsaturated/α-hetero) is 1. The molecule has 5 rings (SSSR count). The Labute approximate surface area is 167 Å². The molecule has 6 nitrogen and oxygen atoms in total. The quantitative estimate of drug-likeness (QED) is 0.644. The summed E-state index contributed by atoms with van der Waals surface area (Å²) in [6, 6.07) is 3.86. The number of furan rings is 1. The fraction of sp³-hybridized carbons (Fsp3) is 0.333. The molecule has 7 heteroatoms. The minimum Gasteiger partial charge on any atom is -0.433 e. The number of aromatic nitrogens is 3. The minimum absolute atomic E-state index is 0.00325. The number of hydrogen-bond acceptors (Lipinski definition) is 5. The van der Waals surface area contributed by atoms with Crippen molar-refractivity contribution in [2.75, 3.05) is 4.90 Å². The van der Waals surface area contributed by atoms with Crippen LogP contribution in [0.2, 0.25) is 0 Å². The van der Waals surface area contributed by atoms with Crippen LogP contribution < -0.4 is 4.90 Å². The number of aromatic amines is 2. The fourth-order valence-corrected chi connectivity index (χ4v) is 4.98. The number of nitrogens with one attached hydrogen (secondary N) is 2. The summed E-state index contributed by atoms with van der Waals surface area (Å²) in [7, 11) is 0. The summed E-state index contributed by atoms with van der Waals surface area (Å²) in [4.78, 5) is 25.8.